The van der Waals surface area contributed by atoms with Crippen molar-refractivity contribution in [2.24, 2.45) is 0 Å². The maximum absolute atomic E-state index is 11.3. The first-order valence-electron chi connectivity index (χ1n) is 6.08. The van der Waals surface area contributed by atoms with Crippen molar-refractivity contribution in [3.8, 4) is 0 Å². The summed E-state index contributed by atoms with van der Waals surface area (Å²) in [5.41, 5.74) is 1.67. The standard InChI is InChI=1S/C14H20ClNO/c1-5-10(3)16(6-2)12-7-8-13(11(4)17)14(15)9-12/h7-10H,5-6H2,1-4H3. The maximum Gasteiger partial charge on any atom is 0.161 e. The first-order chi connectivity index (χ1) is 8.01. The van der Waals surface area contributed by atoms with Gasteiger partial charge in [-0.05, 0) is 45.4 Å². The minimum Gasteiger partial charge on any atom is -0.369 e. The fourth-order valence-electron chi connectivity index (χ4n) is 1.94. The molecular formula is C14H20ClNO. The monoisotopic (exact) mass is 253 g/mol. The van der Waals surface area contributed by atoms with Crippen LogP contribution in [0.2, 0.25) is 5.02 Å². The van der Waals surface area contributed by atoms with Crippen LogP contribution in [0.5, 0.6) is 0 Å². The van der Waals surface area contributed by atoms with Gasteiger partial charge < -0.3 is 4.90 Å². The molecule has 0 saturated heterocycles. The summed E-state index contributed by atoms with van der Waals surface area (Å²) >= 11 is 6.13. The van der Waals surface area contributed by atoms with E-state index < -0.39 is 0 Å². The Hall–Kier alpha value is -1.02. The molecule has 1 unspecified atom stereocenters. The molecule has 0 amide bonds. The SMILES string of the molecule is CCC(C)N(CC)c1ccc(C(C)=O)c(Cl)c1. The number of benzene rings is 1. The van der Waals surface area contributed by atoms with Crippen molar-refractivity contribution in [3.63, 3.8) is 0 Å². The van der Waals surface area contributed by atoms with Gasteiger partial charge in [0.05, 0.1) is 5.02 Å². The van der Waals surface area contributed by atoms with Crippen LogP contribution in [0.25, 0.3) is 0 Å². The number of carbonyl (C=O) groups is 1. The highest BCUT2D eigenvalue weighted by molar-refractivity contribution is 6.34. The van der Waals surface area contributed by atoms with E-state index in [4.69, 9.17) is 11.6 Å². The first-order valence-corrected chi connectivity index (χ1v) is 6.46. The minimum atomic E-state index is 0.00754. The lowest BCUT2D eigenvalue weighted by Gasteiger charge is -2.29. The Morgan fingerprint density at radius 3 is 2.47 bits per heavy atom. The van der Waals surface area contributed by atoms with Crippen LogP contribution in [0.3, 0.4) is 0 Å². The van der Waals surface area contributed by atoms with Crippen molar-refractivity contribution in [1.29, 1.82) is 0 Å². The van der Waals surface area contributed by atoms with Crippen LogP contribution in [0.4, 0.5) is 5.69 Å². The lowest BCUT2D eigenvalue weighted by molar-refractivity contribution is 0.101. The highest BCUT2D eigenvalue weighted by Crippen LogP contribution is 2.25. The number of halogens is 1. The van der Waals surface area contributed by atoms with Crippen molar-refractivity contribution in [1.82, 2.24) is 0 Å². The molecule has 2 nitrogen and oxygen atoms in total. The summed E-state index contributed by atoms with van der Waals surface area (Å²) < 4.78 is 0. The normalized spacial score (nSPS) is 12.3. The molecule has 1 atom stereocenters. The molecule has 0 bridgehead atoms. The van der Waals surface area contributed by atoms with Crippen LogP contribution in [0, 0.1) is 0 Å². The molecule has 0 aliphatic rings. The summed E-state index contributed by atoms with van der Waals surface area (Å²) in [6.07, 6.45) is 1.08. The quantitative estimate of drug-likeness (QED) is 0.734. The number of hydrogen-bond donors (Lipinski definition) is 0. The number of Topliss-reactive ketones (excluding diaryl/α,β-unsaturated/α-hetero) is 1. The zero-order valence-electron chi connectivity index (χ0n) is 11.0. The Balaban J connectivity index is 3.07. The predicted molar refractivity (Wildman–Crippen MR) is 74.2 cm³/mol. The van der Waals surface area contributed by atoms with Crippen LogP contribution in [0.15, 0.2) is 18.2 Å². The third-order valence-corrected chi connectivity index (χ3v) is 3.44. The van der Waals surface area contributed by atoms with Crippen LogP contribution in [-0.4, -0.2) is 18.4 Å². The van der Waals surface area contributed by atoms with E-state index in [2.05, 4.69) is 25.7 Å². The van der Waals surface area contributed by atoms with E-state index in [9.17, 15) is 4.79 Å². The largest absolute Gasteiger partial charge is 0.369 e. The van der Waals surface area contributed by atoms with Crippen LogP contribution in [-0.2, 0) is 0 Å². The summed E-state index contributed by atoms with van der Waals surface area (Å²) in [5, 5.41) is 0.539. The van der Waals surface area contributed by atoms with E-state index in [0.717, 1.165) is 18.7 Å². The van der Waals surface area contributed by atoms with Gasteiger partial charge in [-0.1, -0.05) is 18.5 Å². The fourth-order valence-corrected chi connectivity index (χ4v) is 2.25. The highest BCUT2D eigenvalue weighted by atomic mass is 35.5. The zero-order chi connectivity index (χ0) is 13.0. The summed E-state index contributed by atoms with van der Waals surface area (Å²) in [6, 6.07) is 6.14. The average Bonchev–Trinajstić information content (AvgIpc) is 2.29. The molecule has 1 aromatic carbocycles. The Kier molecular flexibility index (Phi) is 5.01. The molecule has 0 fully saturated rings. The Labute approximate surface area is 109 Å². The zero-order valence-corrected chi connectivity index (χ0v) is 11.7. The molecule has 1 aromatic rings. The van der Waals surface area contributed by atoms with Gasteiger partial charge in [0.1, 0.15) is 0 Å². The number of nitrogens with zero attached hydrogens (tertiary/aromatic N) is 1. The Bertz CT molecular complexity index is 403. The Morgan fingerprint density at radius 2 is 2.06 bits per heavy atom. The van der Waals surface area contributed by atoms with E-state index in [1.165, 1.54) is 6.92 Å². The van der Waals surface area contributed by atoms with Gasteiger partial charge in [0.15, 0.2) is 5.78 Å². The number of hydrogen-bond acceptors (Lipinski definition) is 2. The second-order valence-electron chi connectivity index (χ2n) is 4.26. The average molecular weight is 254 g/mol. The van der Waals surface area contributed by atoms with Gasteiger partial charge in [-0.2, -0.15) is 0 Å². The third-order valence-electron chi connectivity index (χ3n) is 3.13. The topological polar surface area (TPSA) is 20.3 Å². The van der Waals surface area contributed by atoms with E-state index in [1.54, 1.807) is 0 Å². The van der Waals surface area contributed by atoms with E-state index >= 15 is 0 Å². The second-order valence-corrected chi connectivity index (χ2v) is 4.67. The summed E-state index contributed by atoms with van der Waals surface area (Å²) in [4.78, 5) is 13.6. The molecule has 0 aliphatic carbocycles. The smallest absolute Gasteiger partial charge is 0.161 e. The molecule has 0 saturated carbocycles. The number of carbonyl (C=O) groups excluding carboxylic acids is 1. The van der Waals surface area contributed by atoms with Gasteiger partial charge in [-0.25, -0.2) is 0 Å². The third kappa shape index (κ3) is 3.22. The highest BCUT2D eigenvalue weighted by Gasteiger charge is 2.13. The van der Waals surface area contributed by atoms with Crippen LogP contribution >= 0.6 is 11.6 Å². The van der Waals surface area contributed by atoms with Crippen molar-refractivity contribution in [2.75, 3.05) is 11.4 Å². The first kappa shape index (κ1) is 14.0. The number of ketones is 1. The lowest BCUT2D eigenvalue weighted by atomic mass is 10.1. The van der Waals surface area contributed by atoms with Gasteiger partial charge in [-0.15, -0.1) is 0 Å². The predicted octanol–water partition coefficient (Wildman–Crippen LogP) is 4.17. The van der Waals surface area contributed by atoms with Crippen molar-refractivity contribution in [3.05, 3.63) is 28.8 Å². The Morgan fingerprint density at radius 1 is 1.41 bits per heavy atom. The summed E-state index contributed by atoms with van der Waals surface area (Å²) in [5.74, 6) is 0.00754. The van der Waals surface area contributed by atoms with E-state index in [1.807, 2.05) is 18.2 Å². The fraction of sp³-hybridized carbons (Fsp3) is 0.500. The molecule has 3 heteroatoms. The maximum atomic E-state index is 11.3. The van der Waals surface area contributed by atoms with Crippen LogP contribution < -0.4 is 4.90 Å². The molecule has 0 spiro atoms. The van der Waals surface area contributed by atoms with E-state index in [-0.39, 0.29) is 5.78 Å². The lowest BCUT2D eigenvalue weighted by Crippen LogP contribution is -2.32. The minimum absolute atomic E-state index is 0.00754. The van der Waals surface area contributed by atoms with Crippen LogP contribution in [0.1, 0.15) is 44.5 Å². The van der Waals surface area contributed by atoms with Crippen molar-refractivity contribution >= 4 is 23.1 Å². The molecule has 0 radical (unpaired) electrons. The van der Waals surface area contributed by atoms with Gasteiger partial charge in [0, 0.05) is 23.8 Å². The van der Waals surface area contributed by atoms with Crippen molar-refractivity contribution in [2.45, 2.75) is 40.2 Å². The van der Waals surface area contributed by atoms with Crippen molar-refractivity contribution < 1.29 is 4.79 Å². The molecule has 17 heavy (non-hydrogen) atoms. The molecular weight excluding hydrogens is 234 g/mol. The molecule has 94 valence electrons. The van der Waals surface area contributed by atoms with Gasteiger partial charge in [0.25, 0.3) is 0 Å². The molecule has 0 aliphatic heterocycles. The number of anilines is 1. The van der Waals surface area contributed by atoms with E-state index in [0.29, 0.717) is 16.6 Å². The van der Waals surface area contributed by atoms with Gasteiger partial charge in [-0.3, -0.25) is 4.79 Å². The van der Waals surface area contributed by atoms with Gasteiger partial charge >= 0.3 is 0 Å². The van der Waals surface area contributed by atoms with Gasteiger partial charge in [0.2, 0.25) is 0 Å². The molecule has 0 aromatic heterocycles. The summed E-state index contributed by atoms with van der Waals surface area (Å²) in [6.45, 7) is 8.95. The molecule has 0 N–H and O–H groups in total. The number of rotatable bonds is 5. The molecule has 0 heterocycles. The second kappa shape index (κ2) is 6.06. The molecule has 1 rings (SSSR count). The summed E-state index contributed by atoms with van der Waals surface area (Å²) in [7, 11) is 0.